The van der Waals surface area contributed by atoms with Gasteiger partial charge < -0.3 is 20.5 Å². The fourth-order valence-corrected chi connectivity index (χ4v) is 2.12. The molecule has 4 nitrogen and oxygen atoms in total. The Morgan fingerprint density at radius 3 is 2.40 bits per heavy atom. The Hall–Kier alpha value is -1.95. The van der Waals surface area contributed by atoms with Crippen LogP contribution in [0.25, 0.3) is 0 Å². The van der Waals surface area contributed by atoms with Gasteiger partial charge in [0.25, 0.3) is 0 Å². The first-order valence-electron chi connectivity index (χ1n) is 5.78. The number of halogens is 2. The smallest absolute Gasteiger partial charge is 0.167 e. The van der Waals surface area contributed by atoms with Crippen molar-refractivity contribution in [2.75, 3.05) is 25.3 Å². The van der Waals surface area contributed by atoms with Crippen molar-refractivity contribution in [1.82, 2.24) is 0 Å². The van der Waals surface area contributed by atoms with Crippen LogP contribution in [0.4, 0.5) is 21.5 Å². The summed E-state index contributed by atoms with van der Waals surface area (Å²) in [5.74, 6) is 0.267. The minimum absolute atomic E-state index is 0.121. The van der Waals surface area contributed by atoms with E-state index >= 15 is 0 Å². The number of ether oxygens (including phenoxy) is 2. The average molecular weight is 341 g/mol. The predicted octanol–water partition coefficient (Wildman–Crippen LogP) is 3.93. The molecule has 2 aromatic carbocycles. The second-order valence-electron chi connectivity index (χ2n) is 4.04. The van der Waals surface area contributed by atoms with Gasteiger partial charge in [0.1, 0.15) is 5.75 Å². The highest BCUT2D eigenvalue weighted by molar-refractivity contribution is 9.10. The molecule has 0 atom stereocenters. The number of benzene rings is 2. The van der Waals surface area contributed by atoms with Gasteiger partial charge in [-0.2, -0.15) is 0 Å². The Balaban J connectivity index is 2.41. The van der Waals surface area contributed by atoms with E-state index in [1.807, 2.05) is 18.2 Å². The van der Waals surface area contributed by atoms with Gasteiger partial charge in [0.05, 0.1) is 31.3 Å². The maximum Gasteiger partial charge on any atom is 0.167 e. The van der Waals surface area contributed by atoms with E-state index in [1.165, 1.54) is 19.2 Å². The molecule has 0 radical (unpaired) electrons. The molecule has 3 N–H and O–H groups in total. The van der Waals surface area contributed by atoms with Crippen LogP contribution in [0.5, 0.6) is 11.5 Å². The third kappa shape index (κ3) is 2.96. The maximum absolute atomic E-state index is 13.5. The predicted molar refractivity (Wildman–Crippen MR) is 81.3 cm³/mol. The minimum Gasteiger partial charge on any atom is -0.495 e. The summed E-state index contributed by atoms with van der Waals surface area (Å²) < 4.78 is 24.6. The molecule has 0 heterocycles. The number of hydrogen-bond donors (Lipinski definition) is 2. The lowest BCUT2D eigenvalue weighted by Crippen LogP contribution is -2.00. The summed E-state index contributed by atoms with van der Waals surface area (Å²) in [5, 5.41) is 3.11. The summed E-state index contributed by atoms with van der Waals surface area (Å²) in [6.07, 6.45) is 0. The van der Waals surface area contributed by atoms with Crippen LogP contribution in [0.3, 0.4) is 0 Å². The number of methoxy groups -OCH3 is 2. The normalized spacial score (nSPS) is 10.2. The van der Waals surface area contributed by atoms with Crippen LogP contribution in [0.1, 0.15) is 0 Å². The Kier molecular flexibility index (Phi) is 4.34. The lowest BCUT2D eigenvalue weighted by Gasteiger charge is -2.14. The highest BCUT2D eigenvalue weighted by Gasteiger charge is 2.11. The van der Waals surface area contributed by atoms with Crippen molar-refractivity contribution in [3.8, 4) is 11.5 Å². The van der Waals surface area contributed by atoms with Crippen molar-refractivity contribution in [1.29, 1.82) is 0 Å². The summed E-state index contributed by atoms with van der Waals surface area (Å²) >= 11 is 3.39. The van der Waals surface area contributed by atoms with Crippen LogP contribution in [0, 0.1) is 5.82 Å². The van der Waals surface area contributed by atoms with E-state index in [0.717, 1.165) is 4.47 Å². The van der Waals surface area contributed by atoms with Gasteiger partial charge in [-0.15, -0.1) is 0 Å². The topological polar surface area (TPSA) is 56.5 Å². The van der Waals surface area contributed by atoms with Crippen molar-refractivity contribution in [2.45, 2.75) is 0 Å². The van der Waals surface area contributed by atoms with E-state index < -0.39 is 5.82 Å². The van der Waals surface area contributed by atoms with Crippen LogP contribution >= 0.6 is 15.9 Å². The SMILES string of the molecule is COc1cc(Nc2cc(Br)ccc2OC)c(N)cc1F. The Bertz CT molecular complexity index is 635. The summed E-state index contributed by atoms with van der Waals surface area (Å²) in [4.78, 5) is 0. The summed E-state index contributed by atoms with van der Waals surface area (Å²) in [6.45, 7) is 0. The van der Waals surface area contributed by atoms with E-state index in [9.17, 15) is 4.39 Å². The van der Waals surface area contributed by atoms with Gasteiger partial charge in [-0.1, -0.05) is 15.9 Å². The zero-order valence-corrected chi connectivity index (χ0v) is 12.6. The molecule has 106 valence electrons. The lowest BCUT2D eigenvalue weighted by atomic mass is 10.2. The molecule has 6 heteroatoms. The van der Waals surface area contributed by atoms with Crippen LogP contribution < -0.4 is 20.5 Å². The van der Waals surface area contributed by atoms with Crippen molar-refractivity contribution in [3.05, 3.63) is 40.6 Å². The Morgan fingerprint density at radius 2 is 1.75 bits per heavy atom. The second-order valence-corrected chi connectivity index (χ2v) is 4.96. The fraction of sp³-hybridized carbons (Fsp3) is 0.143. The first kappa shape index (κ1) is 14.5. The molecule has 2 rings (SSSR count). The maximum atomic E-state index is 13.5. The van der Waals surface area contributed by atoms with E-state index in [2.05, 4.69) is 21.2 Å². The monoisotopic (exact) mass is 340 g/mol. The van der Waals surface area contributed by atoms with Gasteiger partial charge in [0, 0.05) is 16.6 Å². The van der Waals surface area contributed by atoms with Crippen molar-refractivity contribution in [3.63, 3.8) is 0 Å². The van der Waals surface area contributed by atoms with Gasteiger partial charge in [-0.25, -0.2) is 4.39 Å². The largest absolute Gasteiger partial charge is 0.495 e. The molecule has 0 aromatic heterocycles. The molecule has 0 fully saturated rings. The van der Waals surface area contributed by atoms with Crippen LogP contribution in [-0.4, -0.2) is 14.2 Å². The van der Waals surface area contributed by atoms with Crippen molar-refractivity contribution < 1.29 is 13.9 Å². The molecule has 0 spiro atoms. The van der Waals surface area contributed by atoms with Crippen molar-refractivity contribution in [2.24, 2.45) is 0 Å². The van der Waals surface area contributed by atoms with E-state index in [1.54, 1.807) is 7.11 Å². The van der Waals surface area contributed by atoms with Gasteiger partial charge >= 0.3 is 0 Å². The van der Waals surface area contributed by atoms with Gasteiger partial charge in [-0.3, -0.25) is 0 Å². The number of anilines is 3. The molecule has 20 heavy (non-hydrogen) atoms. The number of nitrogens with one attached hydrogen (secondary N) is 1. The van der Waals surface area contributed by atoms with E-state index in [-0.39, 0.29) is 11.4 Å². The fourth-order valence-electron chi connectivity index (χ4n) is 1.76. The van der Waals surface area contributed by atoms with Gasteiger partial charge in [0.15, 0.2) is 11.6 Å². The second kappa shape index (κ2) is 6.00. The number of rotatable bonds is 4. The first-order valence-corrected chi connectivity index (χ1v) is 6.58. The summed E-state index contributed by atoms with van der Waals surface area (Å²) in [6, 6.07) is 8.23. The molecule has 0 saturated heterocycles. The van der Waals surface area contributed by atoms with E-state index in [4.69, 9.17) is 15.2 Å². The van der Waals surface area contributed by atoms with Crippen LogP contribution in [-0.2, 0) is 0 Å². The van der Waals surface area contributed by atoms with Crippen molar-refractivity contribution >= 4 is 33.0 Å². The Labute approximate surface area is 124 Å². The van der Waals surface area contributed by atoms with Crippen LogP contribution in [0.2, 0.25) is 0 Å². The summed E-state index contributed by atoms with van der Waals surface area (Å²) in [5.41, 5.74) is 7.35. The standard InChI is InChI=1S/C14H14BrFN2O2/c1-19-13-4-3-8(15)5-12(13)18-11-7-14(20-2)9(16)6-10(11)17/h3-7,18H,17H2,1-2H3. The minimum atomic E-state index is -0.503. The zero-order chi connectivity index (χ0) is 14.7. The third-order valence-electron chi connectivity index (χ3n) is 2.75. The Morgan fingerprint density at radius 1 is 1.05 bits per heavy atom. The van der Waals surface area contributed by atoms with E-state index in [0.29, 0.717) is 17.1 Å². The average Bonchev–Trinajstić information content (AvgIpc) is 2.42. The molecule has 2 aromatic rings. The number of nitrogens with two attached hydrogens (primary N) is 1. The van der Waals surface area contributed by atoms with Gasteiger partial charge in [0.2, 0.25) is 0 Å². The molecule has 0 aliphatic rings. The quantitative estimate of drug-likeness (QED) is 0.828. The molecule has 0 aliphatic heterocycles. The highest BCUT2D eigenvalue weighted by atomic mass is 79.9. The molecule has 0 bridgehead atoms. The molecular formula is C14H14BrFN2O2. The zero-order valence-electron chi connectivity index (χ0n) is 11.0. The highest BCUT2D eigenvalue weighted by Crippen LogP contribution is 2.35. The van der Waals surface area contributed by atoms with Crippen LogP contribution in [0.15, 0.2) is 34.8 Å². The third-order valence-corrected chi connectivity index (χ3v) is 3.25. The number of nitrogen functional groups attached to an aromatic ring is 1. The summed E-state index contributed by atoms with van der Waals surface area (Å²) in [7, 11) is 2.97. The molecule has 0 unspecified atom stereocenters. The molecule has 0 saturated carbocycles. The first-order chi connectivity index (χ1) is 9.55. The molecule has 0 amide bonds. The number of hydrogen-bond acceptors (Lipinski definition) is 4. The lowest BCUT2D eigenvalue weighted by molar-refractivity contribution is 0.387. The van der Waals surface area contributed by atoms with Gasteiger partial charge in [-0.05, 0) is 18.2 Å². The molecule has 0 aliphatic carbocycles. The molecular weight excluding hydrogens is 327 g/mol.